The van der Waals surface area contributed by atoms with Crippen LogP contribution in [0.4, 0.5) is 0 Å². The van der Waals surface area contributed by atoms with E-state index in [1.165, 1.54) is 12.5 Å². The number of amides is 1. The highest BCUT2D eigenvalue weighted by atomic mass is 16.7. The molecule has 2 fully saturated rings. The third-order valence-corrected chi connectivity index (χ3v) is 5.12. The third kappa shape index (κ3) is 3.42. The van der Waals surface area contributed by atoms with Crippen LogP contribution in [0.5, 0.6) is 0 Å². The Bertz CT molecular complexity index is 535. The van der Waals surface area contributed by atoms with E-state index in [-0.39, 0.29) is 17.9 Å². The molecule has 2 aliphatic rings. The second-order valence-electron chi connectivity index (χ2n) is 6.58. The molecule has 1 aliphatic heterocycles. The molecular formula is C18H25NO4. The molecule has 1 heterocycles. The Balaban J connectivity index is 1.76. The molecule has 0 bridgehead atoms. The number of hydrogen-bond donors (Lipinski definition) is 2. The lowest BCUT2D eigenvalue weighted by Crippen LogP contribution is -2.62. The number of ether oxygens (including phenoxy) is 2. The van der Waals surface area contributed by atoms with E-state index in [0.717, 1.165) is 19.3 Å². The monoisotopic (exact) mass is 319 g/mol. The van der Waals surface area contributed by atoms with Crippen molar-refractivity contribution >= 4 is 5.91 Å². The van der Waals surface area contributed by atoms with Crippen molar-refractivity contribution in [3.05, 3.63) is 35.9 Å². The highest BCUT2D eigenvalue weighted by molar-refractivity contribution is 5.73. The quantitative estimate of drug-likeness (QED) is 0.891. The minimum absolute atomic E-state index is 0.0113. The van der Waals surface area contributed by atoms with Crippen molar-refractivity contribution in [1.82, 2.24) is 5.32 Å². The first kappa shape index (κ1) is 16.4. The molecule has 6 atom stereocenters. The Hall–Kier alpha value is -1.43. The van der Waals surface area contributed by atoms with Gasteiger partial charge in [-0.25, -0.2) is 0 Å². The predicted molar refractivity (Wildman–Crippen MR) is 85.8 cm³/mol. The van der Waals surface area contributed by atoms with Gasteiger partial charge in [-0.15, -0.1) is 0 Å². The number of carbonyl (C=O) groups excluding carboxylic acids is 1. The summed E-state index contributed by atoms with van der Waals surface area (Å²) >= 11 is 0. The lowest BCUT2D eigenvalue weighted by Gasteiger charge is -2.48. The molecular weight excluding hydrogens is 294 g/mol. The van der Waals surface area contributed by atoms with Gasteiger partial charge in [0.05, 0.1) is 12.2 Å². The maximum Gasteiger partial charge on any atom is 0.217 e. The molecule has 3 rings (SSSR count). The molecule has 1 saturated carbocycles. The molecule has 1 aromatic rings. The van der Waals surface area contributed by atoms with Crippen LogP contribution in [0.1, 0.15) is 37.7 Å². The molecule has 1 aliphatic carbocycles. The second-order valence-corrected chi connectivity index (χ2v) is 6.58. The van der Waals surface area contributed by atoms with Gasteiger partial charge in [0.1, 0.15) is 6.04 Å². The van der Waals surface area contributed by atoms with Gasteiger partial charge < -0.3 is 19.9 Å². The Labute approximate surface area is 137 Å². The smallest absolute Gasteiger partial charge is 0.217 e. The predicted octanol–water partition coefficient (Wildman–Crippen LogP) is 1.81. The van der Waals surface area contributed by atoms with E-state index in [0.29, 0.717) is 5.92 Å². The second kappa shape index (κ2) is 6.99. The minimum atomic E-state index is -0.658. The van der Waals surface area contributed by atoms with E-state index in [2.05, 4.69) is 29.6 Å². The Morgan fingerprint density at radius 2 is 2.04 bits per heavy atom. The van der Waals surface area contributed by atoms with E-state index >= 15 is 0 Å². The molecule has 0 radical (unpaired) electrons. The Kier molecular flexibility index (Phi) is 4.99. The molecule has 1 aromatic carbocycles. The summed E-state index contributed by atoms with van der Waals surface area (Å²) in [5, 5.41) is 13.6. The van der Waals surface area contributed by atoms with E-state index in [9.17, 15) is 9.90 Å². The van der Waals surface area contributed by atoms with Gasteiger partial charge in [0.2, 0.25) is 5.91 Å². The van der Waals surface area contributed by atoms with Crippen LogP contribution in [-0.2, 0) is 14.3 Å². The maximum atomic E-state index is 11.4. The molecule has 23 heavy (non-hydrogen) atoms. The zero-order valence-electron chi connectivity index (χ0n) is 13.6. The van der Waals surface area contributed by atoms with E-state index in [4.69, 9.17) is 9.47 Å². The summed E-state index contributed by atoms with van der Waals surface area (Å²) in [5.41, 5.74) is 1.31. The van der Waals surface area contributed by atoms with Gasteiger partial charge in [0.25, 0.3) is 0 Å². The summed E-state index contributed by atoms with van der Waals surface area (Å²) in [5.74, 6) is 0.249. The Morgan fingerprint density at radius 3 is 2.70 bits per heavy atom. The van der Waals surface area contributed by atoms with E-state index in [1.54, 1.807) is 7.11 Å². The number of carbonyl (C=O) groups is 1. The molecule has 1 amide bonds. The molecule has 5 heteroatoms. The van der Waals surface area contributed by atoms with Gasteiger partial charge in [0.15, 0.2) is 6.29 Å². The first-order chi connectivity index (χ1) is 11.1. The van der Waals surface area contributed by atoms with E-state index < -0.39 is 18.4 Å². The normalized spacial score (nSPS) is 37.0. The fraction of sp³-hybridized carbons (Fsp3) is 0.611. The Morgan fingerprint density at radius 1 is 1.30 bits per heavy atom. The summed E-state index contributed by atoms with van der Waals surface area (Å²) in [6, 6.07) is 9.89. The van der Waals surface area contributed by atoms with Crippen LogP contribution in [0.2, 0.25) is 0 Å². The van der Waals surface area contributed by atoms with Crippen molar-refractivity contribution in [3.63, 3.8) is 0 Å². The number of fused-ring (bicyclic) bond motifs is 1. The highest BCUT2D eigenvalue weighted by Gasteiger charge is 2.48. The molecule has 5 nitrogen and oxygen atoms in total. The summed E-state index contributed by atoms with van der Waals surface area (Å²) in [7, 11) is 1.54. The number of benzene rings is 1. The van der Waals surface area contributed by atoms with Crippen molar-refractivity contribution in [2.75, 3.05) is 7.11 Å². The largest absolute Gasteiger partial charge is 0.390 e. The van der Waals surface area contributed by atoms with Gasteiger partial charge in [-0.3, -0.25) is 4.79 Å². The van der Waals surface area contributed by atoms with Gasteiger partial charge in [-0.2, -0.15) is 0 Å². The van der Waals surface area contributed by atoms with Crippen LogP contribution >= 0.6 is 0 Å². The van der Waals surface area contributed by atoms with Gasteiger partial charge in [-0.1, -0.05) is 30.3 Å². The molecule has 2 N–H and O–H groups in total. The summed E-state index contributed by atoms with van der Waals surface area (Å²) in [6.07, 6.45) is 1.53. The first-order valence-electron chi connectivity index (χ1n) is 8.28. The fourth-order valence-corrected chi connectivity index (χ4v) is 4.01. The maximum absolute atomic E-state index is 11.4. The van der Waals surface area contributed by atoms with Crippen molar-refractivity contribution in [2.45, 2.75) is 56.6 Å². The van der Waals surface area contributed by atoms with Crippen LogP contribution < -0.4 is 5.32 Å². The SMILES string of the molecule is COC1OC2CCC(c3ccccc3)CC2C(O)C1NC(C)=O. The number of aliphatic hydroxyl groups is 1. The van der Waals surface area contributed by atoms with Crippen LogP contribution in [-0.4, -0.2) is 42.7 Å². The van der Waals surface area contributed by atoms with Crippen molar-refractivity contribution < 1.29 is 19.4 Å². The zero-order valence-corrected chi connectivity index (χ0v) is 13.6. The summed E-state index contributed by atoms with van der Waals surface area (Å²) in [4.78, 5) is 11.4. The zero-order chi connectivity index (χ0) is 16.4. The average molecular weight is 319 g/mol. The van der Waals surface area contributed by atoms with Crippen molar-refractivity contribution in [3.8, 4) is 0 Å². The number of hydrogen-bond acceptors (Lipinski definition) is 4. The van der Waals surface area contributed by atoms with Crippen LogP contribution in [0.3, 0.4) is 0 Å². The molecule has 126 valence electrons. The number of methoxy groups -OCH3 is 1. The molecule has 0 spiro atoms. The highest BCUT2D eigenvalue weighted by Crippen LogP contribution is 2.42. The third-order valence-electron chi connectivity index (χ3n) is 5.12. The number of aliphatic hydroxyl groups excluding tert-OH is 1. The fourth-order valence-electron chi connectivity index (χ4n) is 4.01. The van der Waals surface area contributed by atoms with Gasteiger partial charge in [-0.05, 0) is 30.7 Å². The van der Waals surface area contributed by atoms with Crippen LogP contribution in [0.15, 0.2) is 30.3 Å². The standard InChI is InChI=1S/C18H25NO4/c1-11(20)19-16-17(21)14-10-13(12-6-4-3-5-7-12)8-9-15(14)23-18(16)22-2/h3-7,13-18,21H,8-10H2,1-2H3,(H,19,20). The average Bonchev–Trinajstić information content (AvgIpc) is 2.57. The van der Waals surface area contributed by atoms with Crippen molar-refractivity contribution in [1.29, 1.82) is 0 Å². The molecule has 1 saturated heterocycles. The minimum Gasteiger partial charge on any atom is -0.390 e. The number of rotatable bonds is 3. The first-order valence-corrected chi connectivity index (χ1v) is 8.28. The topological polar surface area (TPSA) is 67.8 Å². The number of nitrogens with one attached hydrogen (secondary N) is 1. The van der Waals surface area contributed by atoms with Gasteiger partial charge >= 0.3 is 0 Å². The lowest BCUT2D eigenvalue weighted by molar-refractivity contribution is -0.250. The summed E-state index contributed by atoms with van der Waals surface area (Å²) in [6.45, 7) is 1.44. The van der Waals surface area contributed by atoms with Gasteiger partial charge in [0, 0.05) is 20.0 Å². The van der Waals surface area contributed by atoms with Crippen molar-refractivity contribution in [2.24, 2.45) is 5.92 Å². The molecule has 6 unspecified atom stereocenters. The van der Waals surface area contributed by atoms with Crippen LogP contribution in [0, 0.1) is 5.92 Å². The summed E-state index contributed by atoms with van der Waals surface area (Å²) < 4.78 is 11.3. The van der Waals surface area contributed by atoms with Crippen LogP contribution in [0.25, 0.3) is 0 Å². The van der Waals surface area contributed by atoms with E-state index in [1.807, 2.05) is 6.07 Å². The molecule has 0 aromatic heterocycles. The lowest BCUT2D eigenvalue weighted by atomic mass is 9.71.